The van der Waals surface area contributed by atoms with Crippen LogP contribution in [0.15, 0.2) is 0 Å². The van der Waals surface area contributed by atoms with E-state index in [-0.39, 0.29) is 5.54 Å². The van der Waals surface area contributed by atoms with Crippen LogP contribution < -0.4 is 5.32 Å². The zero-order chi connectivity index (χ0) is 12.3. The van der Waals surface area contributed by atoms with Gasteiger partial charge in [0.15, 0.2) is 0 Å². The maximum absolute atomic E-state index is 11.2. The normalized spacial score (nSPS) is 26.5. The van der Waals surface area contributed by atoms with Gasteiger partial charge in [0.1, 0.15) is 0 Å². The van der Waals surface area contributed by atoms with Crippen LogP contribution >= 0.6 is 0 Å². The Labute approximate surface area is 98.0 Å². The Morgan fingerprint density at radius 1 is 1.50 bits per heavy atom. The SMILES string of the molecule is CC1CC(CN(C(=O)O)C(C)(C)C)CCN1. The molecule has 1 amide bonds. The number of nitrogens with zero attached hydrogens (tertiary/aromatic N) is 1. The third-order valence-corrected chi connectivity index (χ3v) is 3.21. The minimum Gasteiger partial charge on any atom is -0.465 e. The first-order chi connectivity index (χ1) is 7.30. The fourth-order valence-electron chi connectivity index (χ4n) is 2.30. The first-order valence-corrected chi connectivity index (χ1v) is 6.04. The van der Waals surface area contributed by atoms with Crippen LogP contribution in [-0.4, -0.2) is 40.8 Å². The number of hydrogen-bond donors (Lipinski definition) is 2. The molecule has 0 spiro atoms. The molecule has 2 atom stereocenters. The van der Waals surface area contributed by atoms with Gasteiger partial charge in [0, 0.05) is 18.1 Å². The van der Waals surface area contributed by atoms with Gasteiger partial charge in [-0.05, 0) is 53.0 Å². The monoisotopic (exact) mass is 228 g/mol. The minimum atomic E-state index is -0.807. The van der Waals surface area contributed by atoms with Crippen LogP contribution in [-0.2, 0) is 0 Å². The molecule has 1 aliphatic rings. The molecule has 1 rings (SSSR count). The zero-order valence-corrected chi connectivity index (χ0v) is 10.8. The van der Waals surface area contributed by atoms with Crippen molar-refractivity contribution in [3.63, 3.8) is 0 Å². The Balaban J connectivity index is 2.58. The molecular weight excluding hydrogens is 204 g/mol. The molecule has 0 aromatic rings. The summed E-state index contributed by atoms with van der Waals surface area (Å²) < 4.78 is 0. The molecule has 0 aliphatic carbocycles. The Kier molecular flexibility index (Phi) is 4.19. The van der Waals surface area contributed by atoms with E-state index >= 15 is 0 Å². The molecule has 0 saturated carbocycles. The molecule has 0 radical (unpaired) electrons. The average molecular weight is 228 g/mol. The van der Waals surface area contributed by atoms with Crippen molar-refractivity contribution in [2.75, 3.05) is 13.1 Å². The van der Waals surface area contributed by atoms with Crippen molar-refractivity contribution in [1.82, 2.24) is 10.2 Å². The summed E-state index contributed by atoms with van der Waals surface area (Å²) in [6.45, 7) is 9.67. The summed E-state index contributed by atoms with van der Waals surface area (Å²) in [4.78, 5) is 12.8. The summed E-state index contributed by atoms with van der Waals surface area (Å²) in [6.07, 6.45) is 1.34. The fourth-order valence-corrected chi connectivity index (χ4v) is 2.30. The minimum absolute atomic E-state index is 0.306. The number of piperidine rings is 1. The Morgan fingerprint density at radius 3 is 2.56 bits per heavy atom. The highest BCUT2D eigenvalue weighted by molar-refractivity contribution is 5.66. The van der Waals surface area contributed by atoms with Gasteiger partial charge < -0.3 is 15.3 Å². The van der Waals surface area contributed by atoms with Crippen LogP contribution in [0.1, 0.15) is 40.5 Å². The van der Waals surface area contributed by atoms with E-state index in [0.717, 1.165) is 19.4 Å². The zero-order valence-electron chi connectivity index (χ0n) is 10.8. The summed E-state index contributed by atoms with van der Waals surface area (Å²) >= 11 is 0. The second-order valence-electron chi connectivity index (χ2n) is 5.81. The molecule has 1 aliphatic heterocycles. The molecule has 1 fully saturated rings. The molecule has 94 valence electrons. The Hall–Kier alpha value is -0.770. The van der Waals surface area contributed by atoms with Crippen molar-refractivity contribution in [3.05, 3.63) is 0 Å². The third kappa shape index (κ3) is 3.67. The highest BCUT2D eigenvalue weighted by Gasteiger charge is 2.30. The lowest BCUT2D eigenvalue weighted by Crippen LogP contribution is -2.49. The predicted molar refractivity (Wildman–Crippen MR) is 64.7 cm³/mol. The van der Waals surface area contributed by atoms with Gasteiger partial charge in [0.25, 0.3) is 0 Å². The fraction of sp³-hybridized carbons (Fsp3) is 0.917. The second kappa shape index (κ2) is 5.04. The van der Waals surface area contributed by atoms with Gasteiger partial charge in [-0.1, -0.05) is 0 Å². The molecule has 2 N–H and O–H groups in total. The number of carboxylic acid groups (broad SMARTS) is 1. The van der Waals surface area contributed by atoms with Crippen molar-refractivity contribution in [3.8, 4) is 0 Å². The lowest BCUT2D eigenvalue weighted by Gasteiger charge is -2.38. The topological polar surface area (TPSA) is 52.6 Å². The predicted octanol–water partition coefficient (Wildman–Crippen LogP) is 2.15. The van der Waals surface area contributed by atoms with E-state index in [1.165, 1.54) is 0 Å². The summed E-state index contributed by atoms with van der Waals surface area (Å²) in [5.74, 6) is 0.492. The summed E-state index contributed by atoms with van der Waals surface area (Å²) in [6, 6.07) is 0.509. The Morgan fingerprint density at radius 2 is 2.12 bits per heavy atom. The average Bonchev–Trinajstić information content (AvgIpc) is 2.12. The second-order valence-corrected chi connectivity index (χ2v) is 5.81. The molecule has 1 heterocycles. The van der Waals surface area contributed by atoms with E-state index in [1.54, 1.807) is 4.90 Å². The van der Waals surface area contributed by atoms with E-state index in [4.69, 9.17) is 0 Å². The first-order valence-electron chi connectivity index (χ1n) is 6.04. The van der Waals surface area contributed by atoms with Crippen LogP contribution in [0, 0.1) is 5.92 Å². The van der Waals surface area contributed by atoms with E-state index in [2.05, 4.69) is 12.2 Å². The number of rotatable bonds is 2. The highest BCUT2D eigenvalue weighted by atomic mass is 16.4. The van der Waals surface area contributed by atoms with E-state index in [0.29, 0.717) is 18.5 Å². The lowest BCUT2D eigenvalue weighted by molar-refractivity contribution is 0.0816. The van der Waals surface area contributed by atoms with Crippen LogP contribution in [0.3, 0.4) is 0 Å². The van der Waals surface area contributed by atoms with Crippen molar-refractivity contribution in [2.24, 2.45) is 5.92 Å². The van der Waals surface area contributed by atoms with E-state index in [9.17, 15) is 9.90 Å². The molecule has 1 saturated heterocycles. The van der Waals surface area contributed by atoms with Gasteiger partial charge in [-0.2, -0.15) is 0 Å². The van der Waals surface area contributed by atoms with E-state index in [1.807, 2.05) is 20.8 Å². The van der Waals surface area contributed by atoms with Crippen molar-refractivity contribution in [2.45, 2.75) is 52.1 Å². The Bertz CT molecular complexity index is 248. The van der Waals surface area contributed by atoms with Gasteiger partial charge in [-0.3, -0.25) is 0 Å². The van der Waals surface area contributed by atoms with Crippen molar-refractivity contribution >= 4 is 6.09 Å². The molecule has 4 heteroatoms. The van der Waals surface area contributed by atoms with Crippen molar-refractivity contribution < 1.29 is 9.90 Å². The van der Waals surface area contributed by atoms with Crippen molar-refractivity contribution in [1.29, 1.82) is 0 Å². The van der Waals surface area contributed by atoms with Gasteiger partial charge in [0.05, 0.1) is 0 Å². The molecule has 4 nitrogen and oxygen atoms in total. The number of amides is 1. The smallest absolute Gasteiger partial charge is 0.407 e. The summed E-state index contributed by atoms with van der Waals surface area (Å²) in [5.41, 5.74) is -0.306. The quantitative estimate of drug-likeness (QED) is 0.761. The van der Waals surface area contributed by atoms with Crippen LogP contribution in [0.5, 0.6) is 0 Å². The number of carbonyl (C=O) groups is 1. The first kappa shape index (κ1) is 13.3. The van der Waals surface area contributed by atoms with Gasteiger partial charge in [-0.15, -0.1) is 0 Å². The third-order valence-electron chi connectivity index (χ3n) is 3.21. The van der Waals surface area contributed by atoms with Gasteiger partial charge in [-0.25, -0.2) is 4.79 Å². The largest absolute Gasteiger partial charge is 0.465 e. The molecule has 0 aromatic carbocycles. The number of hydrogen-bond acceptors (Lipinski definition) is 2. The summed E-state index contributed by atoms with van der Waals surface area (Å²) in [7, 11) is 0. The molecule has 2 unspecified atom stereocenters. The molecule has 0 aromatic heterocycles. The summed E-state index contributed by atoms with van der Waals surface area (Å²) in [5, 5.41) is 12.6. The lowest BCUT2D eigenvalue weighted by atomic mass is 9.91. The van der Waals surface area contributed by atoms with Crippen LogP contribution in [0.25, 0.3) is 0 Å². The van der Waals surface area contributed by atoms with Gasteiger partial charge >= 0.3 is 6.09 Å². The maximum Gasteiger partial charge on any atom is 0.407 e. The van der Waals surface area contributed by atoms with Gasteiger partial charge in [0.2, 0.25) is 0 Å². The molecule has 0 bridgehead atoms. The highest BCUT2D eigenvalue weighted by Crippen LogP contribution is 2.22. The molecular formula is C12H24N2O2. The van der Waals surface area contributed by atoms with Crippen LogP contribution in [0.4, 0.5) is 4.79 Å². The maximum atomic E-state index is 11.2. The molecule has 16 heavy (non-hydrogen) atoms. The van der Waals surface area contributed by atoms with Crippen LogP contribution in [0.2, 0.25) is 0 Å². The van der Waals surface area contributed by atoms with E-state index < -0.39 is 6.09 Å². The number of nitrogens with one attached hydrogen (secondary N) is 1. The standard InChI is InChI=1S/C12H24N2O2/c1-9-7-10(5-6-13-9)8-14(11(15)16)12(2,3)4/h9-10,13H,5-8H2,1-4H3,(H,15,16).